The molecule has 1 atom stereocenters. The normalized spacial score (nSPS) is 11.9. The third-order valence-corrected chi connectivity index (χ3v) is 3.51. The monoisotopic (exact) mass is 314 g/mol. The van der Waals surface area contributed by atoms with Gasteiger partial charge in [0.15, 0.2) is 0 Å². The maximum absolute atomic E-state index is 11.8. The van der Waals surface area contributed by atoms with Gasteiger partial charge in [0.1, 0.15) is 0 Å². The molecule has 1 unspecified atom stereocenters. The summed E-state index contributed by atoms with van der Waals surface area (Å²) in [6, 6.07) is 4.38. The van der Waals surface area contributed by atoms with E-state index in [1.807, 2.05) is 6.92 Å². The fourth-order valence-electron chi connectivity index (χ4n) is 1.42. The van der Waals surface area contributed by atoms with Crippen molar-refractivity contribution in [3.8, 4) is 0 Å². The number of hydrogen-bond donors (Lipinski definition) is 1. The van der Waals surface area contributed by atoms with E-state index in [0.717, 1.165) is 5.33 Å². The number of nitrogens with zero attached hydrogens (tertiary/aromatic N) is 1. The average molecular weight is 315 g/mol. The number of carbonyl (C=O) groups excluding carboxylic acids is 1. The van der Waals surface area contributed by atoms with Gasteiger partial charge in [0.05, 0.1) is 4.92 Å². The van der Waals surface area contributed by atoms with Gasteiger partial charge in [-0.2, -0.15) is 0 Å². The minimum absolute atomic E-state index is 0.0614. The van der Waals surface area contributed by atoms with Gasteiger partial charge < -0.3 is 5.32 Å². The van der Waals surface area contributed by atoms with Crippen LogP contribution in [0.1, 0.15) is 22.8 Å². The summed E-state index contributed by atoms with van der Waals surface area (Å²) < 4.78 is 0. The number of nitrogens with one attached hydrogen (secondary N) is 1. The number of benzene rings is 1. The number of aryl methyl sites for hydroxylation is 1. The molecule has 0 radical (unpaired) electrons. The Balaban J connectivity index is 2.82. The smallest absolute Gasteiger partial charge is 0.270 e. The van der Waals surface area contributed by atoms with E-state index in [1.165, 1.54) is 12.1 Å². The highest BCUT2D eigenvalue weighted by molar-refractivity contribution is 9.09. The summed E-state index contributed by atoms with van der Waals surface area (Å²) in [6.07, 6.45) is 0. The van der Waals surface area contributed by atoms with Crippen LogP contribution in [0.2, 0.25) is 0 Å². The van der Waals surface area contributed by atoms with E-state index in [4.69, 9.17) is 0 Å². The van der Waals surface area contributed by atoms with E-state index in [9.17, 15) is 14.9 Å². The first-order valence-corrected chi connectivity index (χ1v) is 6.66. The second kappa shape index (κ2) is 6.49. The number of alkyl halides is 1. The summed E-state index contributed by atoms with van der Waals surface area (Å²) in [4.78, 5) is 22.1. The Morgan fingerprint density at radius 2 is 2.17 bits per heavy atom. The largest absolute Gasteiger partial charge is 0.352 e. The zero-order chi connectivity index (χ0) is 13.7. The molecular weight excluding hydrogens is 300 g/mol. The highest BCUT2D eigenvalue weighted by Crippen LogP contribution is 2.16. The molecule has 0 aliphatic heterocycles. The number of nitro benzene ring substituents is 1. The molecule has 0 bridgehead atoms. The van der Waals surface area contributed by atoms with Gasteiger partial charge in [0, 0.05) is 29.6 Å². The summed E-state index contributed by atoms with van der Waals surface area (Å²) in [6.45, 7) is 4.25. The first-order valence-electron chi connectivity index (χ1n) is 5.54. The van der Waals surface area contributed by atoms with Crippen LogP contribution in [0.4, 0.5) is 5.69 Å². The molecule has 0 aromatic heterocycles. The molecule has 6 heteroatoms. The summed E-state index contributed by atoms with van der Waals surface area (Å²) >= 11 is 3.32. The van der Waals surface area contributed by atoms with Crippen molar-refractivity contribution < 1.29 is 9.72 Å². The van der Waals surface area contributed by atoms with Gasteiger partial charge in [-0.05, 0) is 24.5 Å². The Labute approximate surface area is 114 Å². The van der Waals surface area contributed by atoms with Crippen molar-refractivity contribution in [3.63, 3.8) is 0 Å². The van der Waals surface area contributed by atoms with E-state index < -0.39 is 4.92 Å². The first kappa shape index (κ1) is 14.6. The summed E-state index contributed by atoms with van der Waals surface area (Å²) in [7, 11) is 0. The van der Waals surface area contributed by atoms with Crippen molar-refractivity contribution in [2.45, 2.75) is 13.8 Å². The van der Waals surface area contributed by atoms with Crippen LogP contribution in [-0.2, 0) is 0 Å². The molecule has 0 heterocycles. The molecule has 98 valence electrons. The van der Waals surface area contributed by atoms with Crippen LogP contribution >= 0.6 is 15.9 Å². The lowest BCUT2D eigenvalue weighted by atomic mass is 10.1. The zero-order valence-corrected chi connectivity index (χ0v) is 11.9. The molecule has 0 fully saturated rings. The Morgan fingerprint density at radius 1 is 1.50 bits per heavy atom. The van der Waals surface area contributed by atoms with E-state index in [1.54, 1.807) is 13.0 Å². The zero-order valence-electron chi connectivity index (χ0n) is 10.3. The molecule has 1 amide bonds. The van der Waals surface area contributed by atoms with Crippen LogP contribution in [-0.4, -0.2) is 22.7 Å². The fraction of sp³-hybridized carbons (Fsp3) is 0.417. The van der Waals surface area contributed by atoms with Crippen LogP contribution in [0.15, 0.2) is 18.2 Å². The molecule has 0 saturated carbocycles. The summed E-state index contributed by atoms with van der Waals surface area (Å²) in [5.41, 5.74) is 0.958. The average Bonchev–Trinajstić information content (AvgIpc) is 2.34. The van der Waals surface area contributed by atoms with Gasteiger partial charge in [-0.25, -0.2) is 0 Å². The number of amides is 1. The van der Waals surface area contributed by atoms with Gasteiger partial charge in [-0.3, -0.25) is 14.9 Å². The third-order valence-electron chi connectivity index (χ3n) is 2.41. The molecule has 5 nitrogen and oxygen atoms in total. The van der Waals surface area contributed by atoms with Gasteiger partial charge in [0.2, 0.25) is 0 Å². The number of non-ortho nitro benzene ring substituents is 1. The van der Waals surface area contributed by atoms with Gasteiger partial charge in [-0.1, -0.05) is 22.9 Å². The molecule has 18 heavy (non-hydrogen) atoms. The highest BCUT2D eigenvalue weighted by Gasteiger charge is 2.13. The van der Waals surface area contributed by atoms with Crippen molar-refractivity contribution in [3.05, 3.63) is 39.4 Å². The third kappa shape index (κ3) is 4.10. The predicted molar refractivity (Wildman–Crippen MR) is 73.1 cm³/mol. The number of hydrogen-bond acceptors (Lipinski definition) is 3. The van der Waals surface area contributed by atoms with Crippen LogP contribution in [0.5, 0.6) is 0 Å². The van der Waals surface area contributed by atoms with E-state index >= 15 is 0 Å². The Morgan fingerprint density at radius 3 is 2.72 bits per heavy atom. The van der Waals surface area contributed by atoms with E-state index in [0.29, 0.717) is 23.6 Å². The standard InChI is InChI=1S/C12H15BrN2O3/c1-8-3-10(5-11(4-8)15(17)18)12(16)14-7-9(2)6-13/h3-5,9H,6-7H2,1-2H3,(H,14,16). The molecule has 0 aliphatic carbocycles. The number of halogens is 1. The van der Waals surface area contributed by atoms with Crippen LogP contribution in [0.3, 0.4) is 0 Å². The van der Waals surface area contributed by atoms with Crippen LogP contribution in [0.25, 0.3) is 0 Å². The van der Waals surface area contributed by atoms with Gasteiger partial charge in [-0.15, -0.1) is 0 Å². The summed E-state index contributed by atoms with van der Waals surface area (Å²) in [5.74, 6) is 0.0309. The van der Waals surface area contributed by atoms with Crippen molar-refractivity contribution in [2.24, 2.45) is 5.92 Å². The van der Waals surface area contributed by atoms with Crippen molar-refractivity contribution >= 4 is 27.5 Å². The minimum Gasteiger partial charge on any atom is -0.352 e. The van der Waals surface area contributed by atoms with Crippen molar-refractivity contribution in [1.82, 2.24) is 5.32 Å². The Kier molecular flexibility index (Phi) is 5.27. The maximum Gasteiger partial charge on any atom is 0.270 e. The molecule has 1 aromatic rings. The lowest BCUT2D eigenvalue weighted by molar-refractivity contribution is -0.384. The molecule has 1 rings (SSSR count). The number of nitro groups is 1. The Bertz CT molecular complexity index is 463. The molecule has 1 N–H and O–H groups in total. The fourth-order valence-corrected chi connectivity index (χ4v) is 1.65. The molecule has 0 spiro atoms. The number of carbonyl (C=O) groups is 1. The molecule has 0 aliphatic rings. The second-order valence-corrected chi connectivity index (χ2v) is 4.93. The predicted octanol–water partition coefficient (Wildman–Crippen LogP) is 2.66. The topological polar surface area (TPSA) is 72.2 Å². The van der Waals surface area contributed by atoms with E-state index in [-0.39, 0.29) is 11.6 Å². The van der Waals surface area contributed by atoms with Crippen molar-refractivity contribution in [1.29, 1.82) is 0 Å². The van der Waals surface area contributed by atoms with Gasteiger partial charge >= 0.3 is 0 Å². The minimum atomic E-state index is -0.495. The molecule has 0 saturated heterocycles. The lowest BCUT2D eigenvalue weighted by Gasteiger charge is -2.09. The van der Waals surface area contributed by atoms with E-state index in [2.05, 4.69) is 21.2 Å². The first-order chi connectivity index (χ1) is 8.43. The van der Waals surface area contributed by atoms with Crippen LogP contribution < -0.4 is 5.32 Å². The summed E-state index contributed by atoms with van der Waals surface area (Å²) in [5, 5.41) is 14.3. The SMILES string of the molecule is Cc1cc(C(=O)NCC(C)CBr)cc([N+](=O)[O-])c1. The Hall–Kier alpha value is -1.43. The highest BCUT2D eigenvalue weighted by atomic mass is 79.9. The lowest BCUT2D eigenvalue weighted by Crippen LogP contribution is -2.28. The van der Waals surface area contributed by atoms with Gasteiger partial charge in [0.25, 0.3) is 11.6 Å². The quantitative estimate of drug-likeness (QED) is 0.516. The van der Waals surface area contributed by atoms with Crippen molar-refractivity contribution in [2.75, 3.05) is 11.9 Å². The molecular formula is C12H15BrN2O3. The number of rotatable bonds is 5. The van der Waals surface area contributed by atoms with Crippen LogP contribution in [0, 0.1) is 23.0 Å². The maximum atomic E-state index is 11.8. The second-order valence-electron chi connectivity index (χ2n) is 4.28. The molecule has 1 aromatic carbocycles.